The summed E-state index contributed by atoms with van der Waals surface area (Å²) in [7, 11) is 0. The highest BCUT2D eigenvalue weighted by atomic mass is 32.1. The molecule has 1 aliphatic carbocycles. The molecular weight excluding hydrogens is 298 g/mol. The Morgan fingerprint density at radius 1 is 1.23 bits per heavy atom. The largest absolute Gasteiger partial charge is 0.481 e. The van der Waals surface area contributed by atoms with Crippen molar-refractivity contribution in [3.05, 3.63) is 21.4 Å². The number of piperidine rings is 1. The first-order valence-corrected chi connectivity index (χ1v) is 9.00. The van der Waals surface area contributed by atoms with Gasteiger partial charge in [-0.15, -0.1) is 11.3 Å². The maximum Gasteiger partial charge on any atom is 0.308 e. The van der Waals surface area contributed by atoms with E-state index in [1.165, 1.54) is 29.7 Å². The molecule has 1 aliphatic heterocycles. The number of amides is 1. The van der Waals surface area contributed by atoms with Gasteiger partial charge >= 0.3 is 5.97 Å². The van der Waals surface area contributed by atoms with Crippen molar-refractivity contribution in [2.75, 3.05) is 13.1 Å². The molecule has 120 valence electrons. The van der Waals surface area contributed by atoms with Crippen LogP contribution in [0.1, 0.15) is 52.7 Å². The van der Waals surface area contributed by atoms with E-state index in [0.29, 0.717) is 19.5 Å². The number of thiophene rings is 1. The third-order valence-electron chi connectivity index (χ3n) is 4.75. The predicted octanol–water partition coefficient (Wildman–Crippen LogP) is 3.20. The fraction of sp³-hybridized carbons (Fsp3) is 0.647. The van der Waals surface area contributed by atoms with Crippen molar-refractivity contribution >= 4 is 23.2 Å². The summed E-state index contributed by atoms with van der Waals surface area (Å²) in [6.07, 6.45) is 6.52. The summed E-state index contributed by atoms with van der Waals surface area (Å²) in [6, 6.07) is 2.06. The van der Waals surface area contributed by atoms with Crippen LogP contribution in [-0.2, 0) is 17.6 Å². The maximum atomic E-state index is 12.8. The van der Waals surface area contributed by atoms with Crippen LogP contribution in [0.4, 0.5) is 0 Å². The number of carboxylic acid groups (broad SMARTS) is 1. The van der Waals surface area contributed by atoms with Gasteiger partial charge in [-0.3, -0.25) is 9.59 Å². The van der Waals surface area contributed by atoms with Crippen LogP contribution in [0.5, 0.6) is 0 Å². The predicted molar refractivity (Wildman–Crippen MR) is 86.4 cm³/mol. The number of likely N-dealkylation sites (tertiary alicyclic amines) is 1. The lowest BCUT2D eigenvalue weighted by Gasteiger charge is -2.34. The molecule has 2 unspecified atom stereocenters. The van der Waals surface area contributed by atoms with Crippen molar-refractivity contribution in [3.8, 4) is 0 Å². The molecule has 0 bridgehead atoms. The van der Waals surface area contributed by atoms with Gasteiger partial charge in [0.05, 0.1) is 10.8 Å². The molecule has 0 radical (unpaired) electrons. The van der Waals surface area contributed by atoms with E-state index < -0.39 is 11.9 Å². The summed E-state index contributed by atoms with van der Waals surface area (Å²) in [5.41, 5.74) is 1.34. The maximum absolute atomic E-state index is 12.8. The van der Waals surface area contributed by atoms with Crippen LogP contribution in [0.2, 0.25) is 0 Å². The van der Waals surface area contributed by atoms with Gasteiger partial charge < -0.3 is 10.0 Å². The average molecular weight is 321 g/mol. The molecule has 5 heteroatoms. The molecule has 1 aromatic rings. The second-order valence-electron chi connectivity index (χ2n) is 6.71. The van der Waals surface area contributed by atoms with Crippen molar-refractivity contribution in [1.82, 2.24) is 4.90 Å². The monoisotopic (exact) mass is 321 g/mol. The van der Waals surface area contributed by atoms with Gasteiger partial charge in [-0.2, -0.15) is 0 Å². The molecule has 0 aromatic carbocycles. The quantitative estimate of drug-likeness (QED) is 0.851. The number of aryl methyl sites for hydroxylation is 2. The molecule has 1 N–H and O–H groups in total. The second kappa shape index (κ2) is 6.41. The van der Waals surface area contributed by atoms with Crippen molar-refractivity contribution in [3.63, 3.8) is 0 Å². The lowest BCUT2D eigenvalue weighted by Crippen LogP contribution is -2.45. The summed E-state index contributed by atoms with van der Waals surface area (Å²) < 4.78 is 0. The van der Waals surface area contributed by atoms with Crippen LogP contribution >= 0.6 is 11.3 Å². The molecule has 2 heterocycles. The van der Waals surface area contributed by atoms with E-state index >= 15 is 0 Å². The highest BCUT2D eigenvalue weighted by Gasteiger charge is 2.33. The third kappa shape index (κ3) is 3.19. The number of carbonyl (C=O) groups excluding carboxylic acids is 1. The SMILES string of the molecule is CC1CC(C(=O)O)CN(C(=O)c2cc3c(s2)CCCCC3)C1. The molecule has 2 aliphatic rings. The summed E-state index contributed by atoms with van der Waals surface area (Å²) in [5.74, 6) is -0.941. The molecule has 2 atom stereocenters. The molecule has 1 aromatic heterocycles. The minimum Gasteiger partial charge on any atom is -0.481 e. The van der Waals surface area contributed by atoms with E-state index in [-0.39, 0.29) is 11.8 Å². The molecular formula is C17H23NO3S. The molecule has 1 saturated heterocycles. The highest BCUT2D eigenvalue weighted by molar-refractivity contribution is 7.14. The van der Waals surface area contributed by atoms with Gasteiger partial charge in [0.25, 0.3) is 5.91 Å². The lowest BCUT2D eigenvalue weighted by molar-refractivity contribution is -0.143. The number of hydrogen-bond donors (Lipinski definition) is 1. The van der Waals surface area contributed by atoms with Crippen molar-refractivity contribution in [2.24, 2.45) is 11.8 Å². The van der Waals surface area contributed by atoms with E-state index in [2.05, 4.69) is 6.07 Å². The van der Waals surface area contributed by atoms with E-state index in [9.17, 15) is 14.7 Å². The third-order valence-corrected chi connectivity index (χ3v) is 5.98. The number of rotatable bonds is 2. The van der Waals surface area contributed by atoms with Gasteiger partial charge in [0.15, 0.2) is 0 Å². The number of nitrogens with zero attached hydrogens (tertiary/aromatic N) is 1. The van der Waals surface area contributed by atoms with Crippen molar-refractivity contribution in [1.29, 1.82) is 0 Å². The fourth-order valence-corrected chi connectivity index (χ4v) is 4.85. The van der Waals surface area contributed by atoms with Crippen LogP contribution in [0.15, 0.2) is 6.07 Å². The number of carboxylic acids is 1. The summed E-state index contributed by atoms with van der Waals surface area (Å²) in [6.45, 7) is 3.05. The first kappa shape index (κ1) is 15.5. The summed E-state index contributed by atoms with van der Waals surface area (Å²) in [4.78, 5) is 27.9. The van der Waals surface area contributed by atoms with Crippen LogP contribution in [0, 0.1) is 11.8 Å². The fourth-order valence-electron chi connectivity index (χ4n) is 3.62. The number of carbonyl (C=O) groups is 2. The number of aliphatic carboxylic acids is 1. The minimum absolute atomic E-state index is 0.0240. The van der Waals surface area contributed by atoms with E-state index in [0.717, 1.165) is 17.7 Å². The van der Waals surface area contributed by atoms with E-state index in [4.69, 9.17) is 0 Å². The van der Waals surface area contributed by atoms with Gasteiger partial charge in [-0.05, 0) is 49.7 Å². The second-order valence-corrected chi connectivity index (χ2v) is 7.84. The Balaban J connectivity index is 1.77. The Hall–Kier alpha value is -1.36. The first-order valence-electron chi connectivity index (χ1n) is 8.18. The van der Waals surface area contributed by atoms with Crippen LogP contribution in [0.3, 0.4) is 0 Å². The van der Waals surface area contributed by atoms with Crippen molar-refractivity contribution in [2.45, 2.75) is 45.4 Å². The van der Waals surface area contributed by atoms with Crippen LogP contribution in [-0.4, -0.2) is 35.0 Å². The topological polar surface area (TPSA) is 57.6 Å². The number of fused-ring (bicyclic) bond motifs is 1. The Morgan fingerprint density at radius 3 is 2.77 bits per heavy atom. The van der Waals surface area contributed by atoms with E-state index in [1.807, 2.05) is 6.92 Å². The molecule has 0 spiro atoms. The van der Waals surface area contributed by atoms with Crippen molar-refractivity contribution < 1.29 is 14.7 Å². The molecule has 0 saturated carbocycles. The Kier molecular flexibility index (Phi) is 4.52. The zero-order chi connectivity index (χ0) is 15.7. The molecule has 22 heavy (non-hydrogen) atoms. The molecule has 3 rings (SSSR count). The smallest absolute Gasteiger partial charge is 0.308 e. The van der Waals surface area contributed by atoms with Gasteiger partial charge in [0.2, 0.25) is 0 Å². The molecule has 1 fully saturated rings. The van der Waals surface area contributed by atoms with Gasteiger partial charge in [0, 0.05) is 18.0 Å². The summed E-state index contributed by atoms with van der Waals surface area (Å²) >= 11 is 1.62. The zero-order valence-electron chi connectivity index (χ0n) is 13.0. The van der Waals surface area contributed by atoms with Gasteiger partial charge in [-0.25, -0.2) is 0 Å². The Bertz CT molecular complexity index is 557. The van der Waals surface area contributed by atoms with Gasteiger partial charge in [0.1, 0.15) is 0 Å². The Labute approximate surface area is 135 Å². The summed E-state index contributed by atoms with van der Waals surface area (Å²) in [5, 5.41) is 9.25. The van der Waals surface area contributed by atoms with Gasteiger partial charge in [-0.1, -0.05) is 13.3 Å². The average Bonchev–Trinajstić information content (AvgIpc) is 2.77. The Morgan fingerprint density at radius 2 is 2.00 bits per heavy atom. The molecule has 4 nitrogen and oxygen atoms in total. The highest BCUT2D eigenvalue weighted by Crippen LogP contribution is 2.31. The van der Waals surface area contributed by atoms with Crippen LogP contribution in [0.25, 0.3) is 0 Å². The van der Waals surface area contributed by atoms with Crippen LogP contribution < -0.4 is 0 Å². The number of hydrogen-bond acceptors (Lipinski definition) is 3. The zero-order valence-corrected chi connectivity index (χ0v) is 13.8. The normalized spacial score (nSPS) is 25.4. The lowest BCUT2D eigenvalue weighted by atomic mass is 9.90. The first-order chi connectivity index (χ1) is 10.5. The van der Waals surface area contributed by atoms with E-state index in [1.54, 1.807) is 16.2 Å². The standard InChI is InChI=1S/C17H23NO3S/c1-11-7-13(17(20)21)10-18(9-11)16(19)15-8-12-5-3-2-4-6-14(12)22-15/h8,11,13H,2-7,9-10H2,1H3,(H,20,21). The minimum atomic E-state index is -0.786. The molecule has 1 amide bonds.